The third-order valence-electron chi connectivity index (χ3n) is 4.50. The topological polar surface area (TPSA) is 30.9 Å². The SMILES string of the molecule is COc1ccc(-n2c[n+]3c(n2)CC[C@@H]3Cc2ccccc2)cc1. The second-order valence-electron chi connectivity index (χ2n) is 5.96. The van der Waals surface area contributed by atoms with Crippen molar-refractivity contribution in [2.75, 3.05) is 7.11 Å². The minimum absolute atomic E-state index is 0.499. The van der Waals surface area contributed by atoms with Gasteiger partial charge in [-0.15, -0.1) is 0 Å². The normalized spacial score (nSPS) is 16.3. The van der Waals surface area contributed by atoms with Gasteiger partial charge in [0.15, 0.2) is 0 Å². The number of aromatic nitrogens is 3. The van der Waals surface area contributed by atoms with Crippen LogP contribution in [-0.4, -0.2) is 16.9 Å². The lowest BCUT2D eigenvalue weighted by Crippen LogP contribution is -2.37. The molecule has 4 rings (SSSR count). The van der Waals surface area contributed by atoms with Crippen LogP contribution in [-0.2, 0) is 12.8 Å². The van der Waals surface area contributed by atoms with E-state index in [1.807, 2.05) is 28.9 Å². The summed E-state index contributed by atoms with van der Waals surface area (Å²) in [5, 5.41) is 4.75. The van der Waals surface area contributed by atoms with E-state index < -0.39 is 0 Å². The quantitative estimate of drug-likeness (QED) is 0.694. The second kappa shape index (κ2) is 5.88. The number of nitrogens with zero attached hydrogens (tertiary/aromatic N) is 3. The van der Waals surface area contributed by atoms with E-state index in [-0.39, 0.29) is 0 Å². The molecule has 0 amide bonds. The van der Waals surface area contributed by atoms with E-state index in [1.165, 1.54) is 17.8 Å². The highest BCUT2D eigenvalue weighted by atomic mass is 16.5. The van der Waals surface area contributed by atoms with Gasteiger partial charge in [0.2, 0.25) is 6.33 Å². The summed E-state index contributed by atoms with van der Waals surface area (Å²) in [7, 11) is 1.68. The molecular formula is C19H20N3O+. The summed E-state index contributed by atoms with van der Waals surface area (Å²) in [4.78, 5) is 0. The van der Waals surface area contributed by atoms with E-state index in [9.17, 15) is 0 Å². The molecule has 0 spiro atoms. The Kier molecular flexibility index (Phi) is 3.58. The van der Waals surface area contributed by atoms with Crippen molar-refractivity contribution in [3.05, 3.63) is 72.3 Å². The van der Waals surface area contributed by atoms with Crippen LogP contribution >= 0.6 is 0 Å². The molecule has 0 saturated carbocycles. The third-order valence-corrected chi connectivity index (χ3v) is 4.50. The molecule has 2 aromatic carbocycles. The molecule has 4 heteroatoms. The molecule has 0 bridgehead atoms. The number of aryl methyl sites for hydroxylation is 1. The predicted molar refractivity (Wildman–Crippen MR) is 87.8 cm³/mol. The summed E-state index contributed by atoms with van der Waals surface area (Å²) in [5.41, 5.74) is 2.45. The fourth-order valence-electron chi connectivity index (χ4n) is 3.25. The number of hydrogen-bond acceptors (Lipinski definition) is 2. The van der Waals surface area contributed by atoms with Crippen molar-refractivity contribution in [1.29, 1.82) is 0 Å². The van der Waals surface area contributed by atoms with Gasteiger partial charge in [0, 0.05) is 17.9 Å². The number of hydrogen-bond donors (Lipinski definition) is 0. The molecule has 0 aliphatic carbocycles. The molecule has 0 saturated heterocycles. The Morgan fingerprint density at radius 1 is 1.13 bits per heavy atom. The first-order chi connectivity index (χ1) is 11.3. The van der Waals surface area contributed by atoms with Gasteiger partial charge in [-0.3, -0.25) is 0 Å². The molecule has 1 aromatic heterocycles. The molecule has 4 nitrogen and oxygen atoms in total. The van der Waals surface area contributed by atoms with Crippen LogP contribution < -0.4 is 9.30 Å². The Bertz CT molecular complexity index is 793. The van der Waals surface area contributed by atoms with E-state index in [0.717, 1.165) is 24.3 Å². The van der Waals surface area contributed by atoms with Gasteiger partial charge in [0.05, 0.1) is 13.2 Å². The maximum atomic E-state index is 5.21. The van der Waals surface area contributed by atoms with Crippen molar-refractivity contribution in [1.82, 2.24) is 9.78 Å². The van der Waals surface area contributed by atoms with Crippen LogP contribution in [0, 0.1) is 0 Å². The molecule has 0 radical (unpaired) electrons. The summed E-state index contributed by atoms with van der Waals surface area (Å²) in [6, 6.07) is 19.2. The van der Waals surface area contributed by atoms with Gasteiger partial charge < -0.3 is 4.74 Å². The van der Waals surface area contributed by atoms with Crippen molar-refractivity contribution < 1.29 is 9.30 Å². The van der Waals surface area contributed by atoms with Gasteiger partial charge >= 0.3 is 0 Å². The first kappa shape index (κ1) is 14.0. The maximum Gasteiger partial charge on any atom is 0.278 e. The molecular weight excluding hydrogens is 286 g/mol. The summed E-state index contributed by atoms with van der Waals surface area (Å²) in [6.45, 7) is 0. The number of rotatable bonds is 4. The zero-order chi connectivity index (χ0) is 15.6. The molecule has 0 fully saturated rings. The average molecular weight is 306 g/mol. The predicted octanol–water partition coefficient (Wildman–Crippen LogP) is 2.90. The lowest BCUT2D eigenvalue weighted by Gasteiger charge is -2.08. The van der Waals surface area contributed by atoms with Crippen LogP contribution in [0.2, 0.25) is 0 Å². The average Bonchev–Trinajstić information content (AvgIpc) is 3.18. The van der Waals surface area contributed by atoms with Gasteiger partial charge in [-0.1, -0.05) is 35.0 Å². The Labute approximate surface area is 136 Å². The lowest BCUT2D eigenvalue weighted by molar-refractivity contribution is -0.716. The van der Waals surface area contributed by atoms with E-state index in [1.54, 1.807) is 7.11 Å². The highest BCUT2D eigenvalue weighted by Gasteiger charge is 2.31. The largest absolute Gasteiger partial charge is 0.497 e. The molecule has 116 valence electrons. The number of fused-ring (bicyclic) bond motifs is 1. The van der Waals surface area contributed by atoms with Crippen LogP contribution in [0.15, 0.2) is 60.9 Å². The van der Waals surface area contributed by atoms with E-state index in [0.29, 0.717) is 6.04 Å². The summed E-state index contributed by atoms with van der Waals surface area (Å²) >= 11 is 0. The molecule has 2 heterocycles. The van der Waals surface area contributed by atoms with Crippen molar-refractivity contribution in [3.63, 3.8) is 0 Å². The summed E-state index contributed by atoms with van der Waals surface area (Å²) in [5.74, 6) is 2.03. The molecule has 1 aliphatic heterocycles. The highest BCUT2D eigenvalue weighted by Crippen LogP contribution is 2.22. The standard InChI is InChI=1S/C19H20N3O/c1-23-18-10-7-16(8-11-18)22-14-21-17(9-12-19(21)20-22)13-15-5-3-2-4-6-15/h2-8,10-11,14,17H,9,12-13H2,1H3/q+1/t17-/m1/s1. The van der Waals surface area contributed by atoms with E-state index >= 15 is 0 Å². The van der Waals surface area contributed by atoms with Gasteiger partial charge in [-0.05, 0) is 36.2 Å². The smallest absolute Gasteiger partial charge is 0.278 e. The van der Waals surface area contributed by atoms with Gasteiger partial charge in [0.25, 0.3) is 5.82 Å². The molecule has 1 aliphatic rings. The van der Waals surface area contributed by atoms with Crippen molar-refractivity contribution >= 4 is 0 Å². The monoisotopic (exact) mass is 306 g/mol. The van der Waals surface area contributed by atoms with Crippen molar-refractivity contribution in [2.24, 2.45) is 0 Å². The highest BCUT2D eigenvalue weighted by molar-refractivity contribution is 5.36. The molecule has 0 unspecified atom stereocenters. The molecule has 1 atom stereocenters. The second-order valence-corrected chi connectivity index (χ2v) is 5.96. The van der Waals surface area contributed by atoms with Crippen LogP contribution in [0.1, 0.15) is 23.9 Å². The molecule has 0 N–H and O–H groups in total. The van der Waals surface area contributed by atoms with Gasteiger partial charge in [-0.2, -0.15) is 0 Å². The van der Waals surface area contributed by atoms with Crippen LogP contribution in [0.25, 0.3) is 5.69 Å². The summed E-state index contributed by atoms with van der Waals surface area (Å²) in [6.07, 6.45) is 5.39. The Morgan fingerprint density at radius 3 is 2.65 bits per heavy atom. The Hall–Kier alpha value is -2.62. The number of ether oxygens (including phenoxy) is 1. The summed E-state index contributed by atoms with van der Waals surface area (Å²) < 4.78 is 9.51. The van der Waals surface area contributed by atoms with Crippen molar-refractivity contribution in [3.8, 4) is 11.4 Å². The van der Waals surface area contributed by atoms with Gasteiger partial charge in [0.1, 0.15) is 11.4 Å². The third kappa shape index (κ3) is 2.72. The Morgan fingerprint density at radius 2 is 1.91 bits per heavy atom. The molecule has 3 aromatic rings. The van der Waals surface area contributed by atoms with Crippen LogP contribution in [0.4, 0.5) is 0 Å². The zero-order valence-electron chi connectivity index (χ0n) is 13.2. The lowest BCUT2D eigenvalue weighted by atomic mass is 10.0. The van der Waals surface area contributed by atoms with Gasteiger partial charge in [-0.25, -0.2) is 4.57 Å². The minimum Gasteiger partial charge on any atom is -0.497 e. The number of benzene rings is 2. The minimum atomic E-state index is 0.499. The number of methoxy groups -OCH3 is 1. The first-order valence-corrected chi connectivity index (χ1v) is 8.01. The molecule has 23 heavy (non-hydrogen) atoms. The van der Waals surface area contributed by atoms with Crippen LogP contribution in [0.3, 0.4) is 0 Å². The van der Waals surface area contributed by atoms with E-state index in [2.05, 4.69) is 41.2 Å². The van der Waals surface area contributed by atoms with E-state index in [4.69, 9.17) is 9.84 Å². The first-order valence-electron chi connectivity index (χ1n) is 8.01. The van der Waals surface area contributed by atoms with Crippen molar-refractivity contribution in [2.45, 2.75) is 25.3 Å². The Balaban J connectivity index is 1.58. The fourth-order valence-corrected chi connectivity index (χ4v) is 3.25. The zero-order valence-corrected chi connectivity index (χ0v) is 13.2. The fraction of sp³-hybridized carbons (Fsp3) is 0.263. The maximum absolute atomic E-state index is 5.21. The van der Waals surface area contributed by atoms with Crippen LogP contribution in [0.5, 0.6) is 5.75 Å².